The van der Waals surface area contributed by atoms with Crippen LogP contribution in [0.3, 0.4) is 0 Å². The summed E-state index contributed by atoms with van der Waals surface area (Å²) in [5, 5.41) is 1.92. The molecule has 0 aliphatic carbocycles. The van der Waals surface area contributed by atoms with Crippen LogP contribution in [0.5, 0.6) is 0 Å². The van der Waals surface area contributed by atoms with E-state index >= 15 is 0 Å². The summed E-state index contributed by atoms with van der Waals surface area (Å²) in [5.41, 5.74) is 8.02. The van der Waals surface area contributed by atoms with Crippen LogP contribution in [-0.4, -0.2) is 8.42 Å². The Kier molecular flexibility index (Phi) is 4.17. The zero-order chi connectivity index (χ0) is 14.9. The maximum absolute atomic E-state index is 12.4. The molecule has 1 heterocycles. The van der Waals surface area contributed by atoms with Crippen LogP contribution in [0.2, 0.25) is 0 Å². The highest BCUT2D eigenvalue weighted by atomic mass is 32.2. The van der Waals surface area contributed by atoms with Crippen LogP contribution in [0.25, 0.3) is 0 Å². The Bertz CT molecular complexity index is 707. The van der Waals surface area contributed by atoms with Gasteiger partial charge in [0.15, 0.2) is 0 Å². The van der Waals surface area contributed by atoms with Gasteiger partial charge in [-0.15, -0.1) is 11.3 Å². The van der Waals surface area contributed by atoms with Crippen molar-refractivity contribution in [2.45, 2.75) is 31.7 Å². The molecule has 0 fully saturated rings. The third-order valence-corrected chi connectivity index (χ3v) is 5.87. The zero-order valence-electron chi connectivity index (χ0n) is 11.7. The van der Waals surface area contributed by atoms with Crippen LogP contribution in [0.4, 0.5) is 5.69 Å². The molecule has 4 nitrogen and oxygen atoms in total. The molecule has 0 saturated heterocycles. The summed E-state index contributed by atoms with van der Waals surface area (Å²) < 4.78 is 27.5. The van der Waals surface area contributed by atoms with Gasteiger partial charge in [0.05, 0.1) is 11.7 Å². The molecule has 3 N–H and O–H groups in total. The van der Waals surface area contributed by atoms with Gasteiger partial charge >= 0.3 is 0 Å². The van der Waals surface area contributed by atoms with Gasteiger partial charge in [-0.3, -0.25) is 0 Å². The second-order valence-corrected chi connectivity index (χ2v) is 7.49. The molecule has 0 aliphatic heterocycles. The normalized spacial score (nSPS) is 13.3. The molecular weight excluding hydrogens is 292 g/mol. The topological polar surface area (TPSA) is 72.2 Å². The number of hydrogen-bond donors (Lipinski definition) is 2. The highest BCUT2D eigenvalue weighted by molar-refractivity contribution is 7.89. The standard InChI is InChI=1S/C14H18N2O2S2/c1-9-7-12(15)14(8-10(9)2)20(17,18)16-11(3)13-5-4-6-19-13/h4-8,11,16H,15H2,1-3H3. The molecular formula is C14H18N2O2S2. The number of anilines is 1. The van der Waals surface area contributed by atoms with E-state index in [1.165, 1.54) is 11.3 Å². The van der Waals surface area contributed by atoms with Crippen molar-refractivity contribution in [1.82, 2.24) is 4.72 Å². The molecule has 6 heteroatoms. The molecule has 20 heavy (non-hydrogen) atoms. The average Bonchev–Trinajstić information content (AvgIpc) is 2.86. The van der Waals surface area contributed by atoms with E-state index in [1.807, 2.05) is 38.3 Å². The maximum atomic E-state index is 12.4. The summed E-state index contributed by atoms with van der Waals surface area (Å²) in [6.45, 7) is 5.60. The number of nitrogens with one attached hydrogen (secondary N) is 1. The van der Waals surface area contributed by atoms with Gasteiger partial charge in [0.1, 0.15) is 4.90 Å². The molecule has 0 spiro atoms. The van der Waals surface area contributed by atoms with E-state index in [0.717, 1.165) is 16.0 Å². The van der Waals surface area contributed by atoms with Crippen molar-refractivity contribution in [2.24, 2.45) is 0 Å². The molecule has 0 saturated carbocycles. The van der Waals surface area contributed by atoms with Gasteiger partial charge in [-0.25, -0.2) is 13.1 Å². The second-order valence-electron chi connectivity index (χ2n) is 4.83. The van der Waals surface area contributed by atoms with Gasteiger partial charge in [0.25, 0.3) is 0 Å². The molecule has 1 aromatic heterocycles. The fourth-order valence-electron chi connectivity index (χ4n) is 1.94. The van der Waals surface area contributed by atoms with E-state index in [4.69, 9.17) is 5.73 Å². The Morgan fingerprint density at radius 3 is 2.50 bits per heavy atom. The SMILES string of the molecule is Cc1cc(N)c(S(=O)(=O)NC(C)c2cccs2)cc1C. The molecule has 1 unspecified atom stereocenters. The van der Waals surface area contributed by atoms with Crippen LogP contribution in [0.15, 0.2) is 34.5 Å². The summed E-state index contributed by atoms with van der Waals surface area (Å²) in [4.78, 5) is 1.11. The van der Waals surface area contributed by atoms with E-state index < -0.39 is 10.0 Å². The molecule has 2 aromatic rings. The number of nitrogens with two attached hydrogens (primary N) is 1. The highest BCUT2D eigenvalue weighted by Gasteiger charge is 2.22. The first-order valence-corrected chi connectivity index (χ1v) is 8.60. The fourth-order valence-corrected chi connectivity index (χ4v) is 4.17. The minimum absolute atomic E-state index is 0.143. The van der Waals surface area contributed by atoms with Crippen molar-refractivity contribution in [3.05, 3.63) is 45.6 Å². The lowest BCUT2D eigenvalue weighted by Crippen LogP contribution is -2.27. The fraction of sp³-hybridized carbons (Fsp3) is 0.286. The smallest absolute Gasteiger partial charge is 0.243 e. The number of benzene rings is 1. The van der Waals surface area contributed by atoms with Gasteiger partial charge in [0, 0.05) is 4.88 Å². The summed E-state index contributed by atoms with van der Waals surface area (Å²) in [7, 11) is -3.62. The predicted molar refractivity (Wildman–Crippen MR) is 83.4 cm³/mol. The Morgan fingerprint density at radius 2 is 1.90 bits per heavy atom. The summed E-state index contributed by atoms with van der Waals surface area (Å²) in [6.07, 6.45) is 0. The Labute approximate surface area is 123 Å². The molecule has 1 aromatic carbocycles. The number of aryl methyl sites for hydroxylation is 2. The van der Waals surface area contributed by atoms with Crippen LogP contribution < -0.4 is 10.5 Å². The van der Waals surface area contributed by atoms with Gasteiger partial charge in [-0.2, -0.15) is 0 Å². The second kappa shape index (κ2) is 5.55. The van der Waals surface area contributed by atoms with Crippen LogP contribution in [0, 0.1) is 13.8 Å². The summed E-state index contributed by atoms with van der Waals surface area (Å²) in [5.74, 6) is 0. The largest absolute Gasteiger partial charge is 0.398 e. The number of hydrogen-bond acceptors (Lipinski definition) is 4. The van der Waals surface area contributed by atoms with Gasteiger partial charge < -0.3 is 5.73 Å². The minimum atomic E-state index is -3.62. The van der Waals surface area contributed by atoms with Gasteiger partial charge in [0.2, 0.25) is 10.0 Å². The number of sulfonamides is 1. The molecule has 0 amide bonds. The number of rotatable bonds is 4. The van der Waals surface area contributed by atoms with E-state index in [2.05, 4.69) is 4.72 Å². The van der Waals surface area contributed by atoms with Crippen LogP contribution in [-0.2, 0) is 10.0 Å². The number of thiophene rings is 1. The zero-order valence-corrected chi connectivity index (χ0v) is 13.3. The molecule has 108 valence electrons. The summed E-state index contributed by atoms with van der Waals surface area (Å²) in [6, 6.07) is 6.84. The third kappa shape index (κ3) is 3.03. The minimum Gasteiger partial charge on any atom is -0.398 e. The third-order valence-electron chi connectivity index (χ3n) is 3.22. The first kappa shape index (κ1) is 15.0. The van der Waals surface area contributed by atoms with Crippen molar-refractivity contribution in [1.29, 1.82) is 0 Å². The van der Waals surface area contributed by atoms with Gasteiger partial charge in [-0.05, 0) is 55.5 Å². The Balaban J connectivity index is 2.34. The molecule has 2 rings (SSSR count). The van der Waals surface area contributed by atoms with Crippen molar-refractivity contribution >= 4 is 27.0 Å². The quantitative estimate of drug-likeness (QED) is 0.853. The first-order valence-electron chi connectivity index (χ1n) is 6.23. The maximum Gasteiger partial charge on any atom is 0.243 e. The van der Waals surface area contributed by atoms with Crippen molar-refractivity contribution in [3.63, 3.8) is 0 Å². The van der Waals surface area contributed by atoms with Crippen molar-refractivity contribution < 1.29 is 8.42 Å². The van der Waals surface area contributed by atoms with Crippen LogP contribution >= 0.6 is 11.3 Å². The molecule has 1 atom stereocenters. The Morgan fingerprint density at radius 1 is 1.25 bits per heavy atom. The van der Waals surface area contributed by atoms with E-state index in [9.17, 15) is 8.42 Å². The van der Waals surface area contributed by atoms with E-state index in [-0.39, 0.29) is 16.6 Å². The lowest BCUT2D eigenvalue weighted by atomic mass is 10.1. The lowest BCUT2D eigenvalue weighted by molar-refractivity contribution is 0.569. The lowest BCUT2D eigenvalue weighted by Gasteiger charge is -2.15. The Hall–Kier alpha value is -1.37. The van der Waals surface area contributed by atoms with Crippen LogP contribution in [0.1, 0.15) is 29.0 Å². The molecule has 0 bridgehead atoms. The van der Waals surface area contributed by atoms with Crippen molar-refractivity contribution in [3.8, 4) is 0 Å². The first-order chi connectivity index (χ1) is 9.31. The van der Waals surface area contributed by atoms with Gasteiger partial charge in [-0.1, -0.05) is 6.07 Å². The number of nitrogen functional groups attached to an aromatic ring is 1. The molecule has 0 aliphatic rings. The summed E-state index contributed by atoms with van der Waals surface area (Å²) >= 11 is 1.52. The monoisotopic (exact) mass is 310 g/mol. The van der Waals surface area contributed by atoms with E-state index in [1.54, 1.807) is 12.1 Å². The van der Waals surface area contributed by atoms with E-state index in [0.29, 0.717) is 0 Å². The van der Waals surface area contributed by atoms with Crippen molar-refractivity contribution in [2.75, 3.05) is 5.73 Å². The highest BCUT2D eigenvalue weighted by Crippen LogP contribution is 2.25. The molecule has 0 radical (unpaired) electrons. The predicted octanol–water partition coefficient (Wildman–Crippen LogP) is 2.99. The average molecular weight is 310 g/mol.